The van der Waals surface area contributed by atoms with Crippen LogP contribution in [0.15, 0.2) is 18.2 Å². The van der Waals surface area contributed by atoms with Gasteiger partial charge in [0.15, 0.2) is 17.6 Å². The Morgan fingerprint density at radius 2 is 2.04 bits per heavy atom. The van der Waals surface area contributed by atoms with Crippen LogP contribution in [0.3, 0.4) is 0 Å². The SMILES string of the molecule is [2H]C([2H])([2H])NC(C)Cc1ccc(OC2OC(C(=O)O)C(O)C(O)C2O)c(OC)c1. The van der Waals surface area contributed by atoms with Gasteiger partial charge in [-0.3, -0.25) is 0 Å². The molecule has 26 heavy (non-hydrogen) atoms. The average Bonchev–Trinajstić information content (AvgIpc) is 2.61. The van der Waals surface area contributed by atoms with Crippen LogP contribution in [0, 0.1) is 0 Å². The number of methoxy groups -OCH3 is 1. The van der Waals surface area contributed by atoms with Crippen molar-refractivity contribution in [1.82, 2.24) is 5.32 Å². The van der Waals surface area contributed by atoms with Crippen LogP contribution in [-0.4, -0.2) is 77.2 Å². The lowest BCUT2D eigenvalue weighted by Gasteiger charge is -2.38. The summed E-state index contributed by atoms with van der Waals surface area (Å²) in [6.45, 7) is -0.554. The fourth-order valence-electron chi connectivity index (χ4n) is 2.62. The highest BCUT2D eigenvalue weighted by Gasteiger charge is 2.48. The molecule has 1 aromatic rings. The van der Waals surface area contributed by atoms with Crippen molar-refractivity contribution in [3.05, 3.63) is 23.8 Å². The third-order valence-electron chi connectivity index (χ3n) is 4.07. The fourth-order valence-corrected chi connectivity index (χ4v) is 2.62. The Bertz CT molecular complexity index is 716. The summed E-state index contributed by atoms with van der Waals surface area (Å²) in [5.41, 5.74) is 0.738. The number of aliphatic hydroxyl groups is 3. The van der Waals surface area contributed by atoms with Crippen LogP contribution in [0.25, 0.3) is 0 Å². The number of nitrogens with one attached hydrogen (secondary N) is 1. The summed E-state index contributed by atoms with van der Waals surface area (Å²) in [5.74, 6) is -1.19. The van der Waals surface area contributed by atoms with Gasteiger partial charge in [0.05, 0.1) is 7.11 Å². The van der Waals surface area contributed by atoms with E-state index in [1.807, 2.05) is 0 Å². The normalized spacial score (nSPS) is 32.0. The Labute approximate surface area is 155 Å². The predicted octanol–water partition coefficient (Wildman–Crippen LogP) is -0.883. The molecule has 1 aliphatic heterocycles. The summed E-state index contributed by atoms with van der Waals surface area (Å²) in [5, 5.41) is 41.2. The van der Waals surface area contributed by atoms with Crippen molar-refractivity contribution >= 4 is 5.97 Å². The zero-order valence-corrected chi connectivity index (χ0v) is 14.3. The molecule has 1 saturated heterocycles. The van der Waals surface area contributed by atoms with Crippen molar-refractivity contribution in [3.8, 4) is 11.5 Å². The molecule has 0 bridgehead atoms. The summed E-state index contributed by atoms with van der Waals surface area (Å²) >= 11 is 0. The van der Waals surface area contributed by atoms with Crippen LogP contribution < -0.4 is 14.8 Å². The molecule has 0 amide bonds. The maximum atomic E-state index is 11.2. The molecule has 146 valence electrons. The summed E-state index contributed by atoms with van der Waals surface area (Å²) in [7, 11) is 1.37. The number of carboxylic acids is 1. The van der Waals surface area contributed by atoms with E-state index in [1.165, 1.54) is 13.2 Å². The highest BCUT2D eigenvalue weighted by molar-refractivity contribution is 5.73. The summed E-state index contributed by atoms with van der Waals surface area (Å²) in [6, 6.07) is 4.38. The number of carbonyl (C=O) groups is 1. The second-order valence-electron chi connectivity index (χ2n) is 6.09. The lowest BCUT2D eigenvalue weighted by Crippen LogP contribution is -2.61. The second kappa shape index (κ2) is 8.65. The number of hydrogen-bond donors (Lipinski definition) is 5. The van der Waals surface area contributed by atoms with Gasteiger partial charge in [-0.2, -0.15) is 0 Å². The molecule has 6 unspecified atom stereocenters. The first-order valence-electron chi connectivity index (χ1n) is 9.46. The maximum absolute atomic E-state index is 11.2. The van der Waals surface area contributed by atoms with Crippen molar-refractivity contribution in [2.24, 2.45) is 0 Å². The number of aliphatic carboxylic acids is 1. The van der Waals surface area contributed by atoms with Crippen molar-refractivity contribution < 1.29 is 43.5 Å². The number of aliphatic hydroxyl groups excluding tert-OH is 3. The van der Waals surface area contributed by atoms with Gasteiger partial charge >= 0.3 is 5.97 Å². The van der Waals surface area contributed by atoms with E-state index in [0.717, 1.165) is 5.56 Å². The Hall–Kier alpha value is -1.91. The first-order chi connectivity index (χ1) is 13.4. The third-order valence-corrected chi connectivity index (χ3v) is 4.07. The molecular weight excluding hydrogens is 346 g/mol. The molecule has 0 spiro atoms. The van der Waals surface area contributed by atoms with Gasteiger partial charge in [-0.25, -0.2) is 4.79 Å². The number of ether oxygens (including phenoxy) is 3. The molecule has 0 aliphatic carbocycles. The number of rotatable bonds is 7. The van der Waals surface area contributed by atoms with Crippen LogP contribution in [0.1, 0.15) is 16.6 Å². The van der Waals surface area contributed by atoms with Gasteiger partial charge in [-0.15, -0.1) is 0 Å². The molecule has 5 N–H and O–H groups in total. The van der Waals surface area contributed by atoms with E-state index in [4.69, 9.17) is 23.4 Å². The monoisotopic (exact) mass is 374 g/mol. The fraction of sp³-hybridized carbons (Fsp3) is 0.588. The van der Waals surface area contributed by atoms with Gasteiger partial charge in [0.1, 0.15) is 18.3 Å². The van der Waals surface area contributed by atoms with Crippen LogP contribution in [0.2, 0.25) is 0 Å². The predicted molar refractivity (Wildman–Crippen MR) is 90.2 cm³/mol. The van der Waals surface area contributed by atoms with Crippen molar-refractivity contribution in [3.63, 3.8) is 0 Å². The molecule has 9 heteroatoms. The average molecular weight is 374 g/mol. The van der Waals surface area contributed by atoms with E-state index in [9.17, 15) is 20.1 Å². The second-order valence-corrected chi connectivity index (χ2v) is 6.09. The quantitative estimate of drug-likeness (QED) is 0.412. The Kier molecular flexibility index (Phi) is 5.42. The lowest BCUT2D eigenvalue weighted by atomic mass is 9.99. The molecule has 0 saturated carbocycles. The molecule has 1 aliphatic rings. The van der Waals surface area contributed by atoms with Gasteiger partial charge in [0.25, 0.3) is 0 Å². The molecular formula is C17H25NO8. The van der Waals surface area contributed by atoms with E-state index >= 15 is 0 Å². The Morgan fingerprint density at radius 3 is 2.65 bits per heavy atom. The first kappa shape index (κ1) is 16.3. The van der Waals surface area contributed by atoms with Crippen LogP contribution >= 0.6 is 0 Å². The highest BCUT2D eigenvalue weighted by Crippen LogP contribution is 2.32. The lowest BCUT2D eigenvalue weighted by molar-refractivity contribution is -0.271. The molecule has 0 radical (unpaired) electrons. The molecule has 1 fully saturated rings. The number of likely N-dealkylation sites (N-methyl/N-ethyl adjacent to an activating group) is 1. The summed E-state index contributed by atoms with van der Waals surface area (Å²) in [4.78, 5) is 11.2. The molecule has 1 heterocycles. The molecule has 2 rings (SSSR count). The third kappa shape index (κ3) is 4.43. The van der Waals surface area contributed by atoms with Gasteiger partial charge in [0, 0.05) is 10.2 Å². The molecule has 0 aromatic heterocycles. The van der Waals surface area contributed by atoms with Gasteiger partial charge in [-0.05, 0) is 38.0 Å². The van der Waals surface area contributed by atoms with Crippen molar-refractivity contribution in [2.75, 3.05) is 14.1 Å². The number of hydrogen-bond acceptors (Lipinski definition) is 8. The van der Waals surface area contributed by atoms with Crippen molar-refractivity contribution in [2.45, 2.75) is 50.1 Å². The van der Waals surface area contributed by atoms with E-state index in [1.54, 1.807) is 19.1 Å². The zero-order chi connectivity index (χ0) is 21.9. The van der Waals surface area contributed by atoms with E-state index in [-0.39, 0.29) is 17.5 Å². The Balaban J connectivity index is 2.15. The minimum absolute atomic E-state index is 0.101. The van der Waals surface area contributed by atoms with E-state index in [2.05, 4.69) is 5.32 Å². The molecule has 1 aromatic carbocycles. The van der Waals surface area contributed by atoms with E-state index in [0.29, 0.717) is 6.42 Å². The van der Waals surface area contributed by atoms with Crippen LogP contribution in [-0.2, 0) is 16.0 Å². The zero-order valence-electron chi connectivity index (χ0n) is 17.3. The molecule has 9 nitrogen and oxygen atoms in total. The van der Waals surface area contributed by atoms with Crippen LogP contribution in [0.4, 0.5) is 0 Å². The minimum Gasteiger partial charge on any atom is -0.493 e. The smallest absolute Gasteiger partial charge is 0.335 e. The standard InChI is InChI=1S/C17H25NO8/c1-8(18-2)6-9-4-5-10(11(7-9)24-3)25-17-14(21)12(19)13(20)15(26-17)16(22)23/h4-5,7-8,12-15,17-21H,6H2,1-3H3,(H,22,23)/i2D3. The van der Waals surface area contributed by atoms with Crippen LogP contribution in [0.5, 0.6) is 11.5 Å². The van der Waals surface area contributed by atoms with Gasteiger partial charge < -0.3 is 40.0 Å². The number of carboxylic acid groups (broad SMARTS) is 1. The van der Waals surface area contributed by atoms with Gasteiger partial charge in [-0.1, -0.05) is 6.07 Å². The topological polar surface area (TPSA) is 138 Å². The van der Waals surface area contributed by atoms with Gasteiger partial charge in [0.2, 0.25) is 6.29 Å². The number of benzene rings is 1. The molecule has 6 atom stereocenters. The largest absolute Gasteiger partial charge is 0.493 e. The van der Waals surface area contributed by atoms with E-state index < -0.39 is 43.7 Å². The maximum Gasteiger partial charge on any atom is 0.335 e. The highest BCUT2D eigenvalue weighted by atomic mass is 16.7. The summed E-state index contributed by atoms with van der Waals surface area (Å²) in [6.07, 6.45) is -8.27. The minimum atomic E-state index is -2.27. The van der Waals surface area contributed by atoms with Crippen molar-refractivity contribution in [1.29, 1.82) is 0 Å². The summed E-state index contributed by atoms with van der Waals surface area (Å²) < 4.78 is 37.5. The first-order valence-corrected chi connectivity index (χ1v) is 7.96. The Morgan fingerprint density at radius 1 is 1.31 bits per heavy atom.